The van der Waals surface area contributed by atoms with Crippen LogP contribution in [-0.2, 0) is 19.6 Å². The Labute approximate surface area is 171 Å². The van der Waals surface area contributed by atoms with Gasteiger partial charge in [0, 0.05) is 18.7 Å². The van der Waals surface area contributed by atoms with Crippen LogP contribution in [0.15, 0.2) is 64.4 Å². The molecule has 0 radical (unpaired) electrons. The van der Waals surface area contributed by atoms with Crippen molar-refractivity contribution in [3.8, 4) is 0 Å². The molecule has 2 aromatic rings. The van der Waals surface area contributed by atoms with Crippen LogP contribution >= 0.6 is 11.8 Å². The summed E-state index contributed by atoms with van der Waals surface area (Å²) >= 11 is 0.834. The standard InChI is InChI=1S/C19H17N3O5S2/c20-29(26,27)15-8-6-14(7-9-15)21-17(23)10-11-22-18(24)16(28-19(22)25)12-13-4-2-1-3-5-13/h1-9,12H,10-11H2,(H,21,23)(H2,20,26,27)/b16-12-. The molecule has 0 unspecified atom stereocenters. The third-order valence-corrected chi connectivity index (χ3v) is 5.84. The van der Waals surface area contributed by atoms with Gasteiger partial charge in [-0.2, -0.15) is 0 Å². The number of imide groups is 1. The molecule has 29 heavy (non-hydrogen) atoms. The topological polar surface area (TPSA) is 127 Å². The Bertz CT molecular complexity index is 1080. The van der Waals surface area contributed by atoms with Gasteiger partial charge in [-0.25, -0.2) is 13.6 Å². The lowest BCUT2D eigenvalue weighted by atomic mass is 10.2. The maximum atomic E-state index is 12.4. The van der Waals surface area contributed by atoms with Gasteiger partial charge in [0.15, 0.2) is 0 Å². The molecule has 1 fully saturated rings. The van der Waals surface area contributed by atoms with Crippen LogP contribution in [0.1, 0.15) is 12.0 Å². The minimum Gasteiger partial charge on any atom is -0.326 e. The van der Waals surface area contributed by atoms with Crippen molar-refractivity contribution in [1.29, 1.82) is 0 Å². The Morgan fingerprint density at radius 2 is 1.72 bits per heavy atom. The molecule has 1 aliphatic heterocycles. The molecule has 0 aromatic heterocycles. The average molecular weight is 431 g/mol. The zero-order valence-corrected chi connectivity index (χ0v) is 16.7. The van der Waals surface area contributed by atoms with Crippen LogP contribution in [0.25, 0.3) is 6.08 Å². The van der Waals surface area contributed by atoms with Gasteiger partial charge in [-0.1, -0.05) is 30.3 Å². The first-order valence-corrected chi connectivity index (χ1v) is 10.8. The lowest BCUT2D eigenvalue weighted by Crippen LogP contribution is -2.31. The van der Waals surface area contributed by atoms with Crippen LogP contribution in [-0.4, -0.2) is 36.9 Å². The van der Waals surface area contributed by atoms with E-state index in [4.69, 9.17) is 5.14 Å². The van der Waals surface area contributed by atoms with E-state index in [1.165, 1.54) is 24.3 Å². The van der Waals surface area contributed by atoms with Crippen molar-refractivity contribution in [1.82, 2.24) is 4.90 Å². The lowest BCUT2D eigenvalue weighted by molar-refractivity contribution is -0.123. The maximum absolute atomic E-state index is 12.4. The summed E-state index contributed by atoms with van der Waals surface area (Å²) in [4.78, 5) is 37.9. The summed E-state index contributed by atoms with van der Waals surface area (Å²) in [5.41, 5.74) is 1.18. The molecule has 3 rings (SSSR count). The number of primary sulfonamides is 1. The first-order chi connectivity index (χ1) is 13.7. The van der Waals surface area contributed by atoms with E-state index >= 15 is 0 Å². The molecule has 8 nitrogen and oxygen atoms in total. The van der Waals surface area contributed by atoms with Crippen molar-refractivity contribution in [2.75, 3.05) is 11.9 Å². The van der Waals surface area contributed by atoms with Crippen LogP contribution in [0.2, 0.25) is 0 Å². The second-order valence-electron chi connectivity index (χ2n) is 6.11. The number of nitrogens with one attached hydrogen (secondary N) is 1. The van der Waals surface area contributed by atoms with Crippen LogP contribution < -0.4 is 10.5 Å². The van der Waals surface area contributed by atoms with Crippen LogP contribution in [0, 0.1) is 0 Å². The largest absolute Gasteiger partial charge is 0.326 e. The summed E-state index contributed by atoms with van der Waals surface area (Å²) in [5, 5.41) is 7.17. The van der Waals surface area contributed by atoms with E-state index in [0.29, 0.717) is 10.6 Å². The molecule has 0 bridgehead atoms. The number of sulfonamides is 1. The molecule has 2 aromatic carbocycles. The molecule has 1 heterocycles. The quantitative estimate of drug-likeness (QED) is 0.676. The SMILES string of the molecule is NS(=O)(=O)c1ccc(NC(=O)CCN2C(=O)S/C(=C\c3ccccc3)C2=O)cc1. The third-order valence-electron chi connectivity index (χ3n) is 4.00. The Balaban J connectivity index is 1.58. The van der Waals surface area contributed by atoms with Crippen molar-refractivity contribution in [2.24, 2.45) is 5.14 Å². The van der Waals surface area contributed by atoms with Gasteiger partial charge in [0.05, 0.1) is 9.80 Å². The lowest BCUT2D eigenvalue weighted by Gasteiger charge is -2.12. The van der Waals surface area contributed by atoms with E-state index in [1.54, 1.807) is 6.08 Å². The number of carbonyl (C=O) groups is 3. The molecule has 3 amide bonds. The summed E-state index contributed by atoms with van der Waals surface area (Å²) in [6.45, 7) is -0.0576. The van der Waals surface area contributed by atoms with Crippen LogP contribution in [0.5, 0.6) is 0 Å². The second-order valence-corrected chi connectivity index (χ2v) is 8.67. The van der Waals surface area contributed by atoms with Crippen molar-refractivity contribution in [3.63, 3.8) is 0 Å². The molecule has 0 aliphatic carbocycles. The molecular formula is C19H17N3O5S2. The highest BCUT2D eigenvalue weighted by Gasteiger charge is 2.35. The Kier molecular flexibility index (Phi) is 6.16. The fourth-order valence-electron chi connectivity index (χ4n) is 2.56. The maximum Gasteiger partial charge on any atom is 0.293 e. The predicted octanol–water partition coefficient (Wildman–Crippen LogP) is 2.40. The first kappa shape index (κ1) is 20.8. The van der Waals surface area contributed by atoms with Crippen LogP contribution in [0.3, 0.4) is 0 Å². The second kappa shape index (κ2) is 8.60. The predicted molar refractivity (Wildman–Crippen MR) is 110 cm³/mol. The van der Waals surface area contributed by atoms with Gasteiger partial charge in [-0.15, -0.1) is 0 Å². The number of thioether (sulfide) groups is 1. The highest BCUT2D eigenvalue weighted by Crippen LogP contribution is 2.32. The van der Waals surface area contributed by atoms with Crippen molar-refractivity contribution >= 4 is 50.6 Å². The monoisotopic (exact) mass is 431 g/mol. The van der Waals surface area contributed by atoms with Gasteiger partial charge >= 0.3 is 0 Å². The van der Waals surface area contributed by atoms with Crippen LogP contribution in [0.4, 0.5) is 10.5 Å². The molecule has 150 valence electrons. The average Bonchev–Trinajstić information content (AvgIpc) is 2.93. The molecule has 0 saturated carbocycles. The highest BCUT2D eigenvalue weighted by atomic mass is 32.2. The normalized spacial score (nSPS) is 15.8. The smallest absolute Gasteiger partial charge is 0.293 e. The van der Waals surface area contributed by atoms with Gasteiger partial charge in [0.1, 0.15) is 0 Å². The summed E-state index contributed by atoms with van der Waals surface area (Å²) in [6, 6.07) is 14.5. The number of anilines is 1. The zero-order chi connectivity index (χ0) is 21.0. The number of hydrogen-bond donors (Lipinski definition) is 2. The number of nitrogens with zero attached hydrogens (tertiary/aromatic N) is 1. The van der Waals surface area contributed by atoms with Gasteiger partial charge < -0.3 is 5.32 Å². The number of nitrogens with two attached hydrogens (primary N) is 1. The Hall–Kier alpha value is -2.95. The molecule has 1 aliphatic rings. The number of rotatable bonds is 6. The Morgan fingerprint density at radius 3 is 2.34 bits per heavy atom. The van der Waals surface area contributed by atoms with Crippen molar-refractivity contribution in [2.45, 2.75) is 11.3 Å². The summed E-state index contributed by atoms with van der Waals surface area (Å²) < 4.78 is 22.5. The summed E-state index contributed by atoms with van der Waals surface area (Å²) in [7, 11) is -3.81. The Morgan fingerprint density at radius 1 is 1.07 bits per heavy atom. The molecule has 3 N–H and O–H groups in total. The third kappa shape index (κ3) is 5.31. The number of benzene rings is 2. The minimum atomic E-state index is -3.81. The van der Waals surface area contributed by atoms with E-state index in [1.807, 2.05) is 30.3 Å². The van der Waals surface area contributed by atoms with E-state index in [2.05, 4.69) is 5.32 Å². The summed E-state index contributed by atoms with van der Waals surface area (Å²) in [6.07, 6.45) is 1.55. The van der Waals surface area contributed by atoms with E-state index in [0.717, 1.165) is 22.2 Å². The zero-order valence-electron chi connectivity index (χ0n) is 15.1. The fraction of sp³-hybridized carbons (Fsp3) is 0.105. The molecular weight excluding hydrogens is 414 g/mol. The van der Waals surface area contributed by atoms with E-state index in [-0.39, 0.29) is 17.9 Å². The molecule has 1 saturated heterocycles. The summed E-state index contributed by atoms with van der Waals surface area (Å²) in [5.74, 6) is -0.853. The van der Waals surface area contributed by atoms with Gasteiger partial charge in [0.2, 0.25) is 15.9 Å². The van der Waals surface area contributed by atoms with E-state index < -0.39 is 27.1 Å². The van der Waals surface area contributed by atoms with Crippen molar-refractivity contribution in [3.05, 3.63) is 65.1 Å². The highest BCUT2D eigenvalue weighted by molar-refractivity contribution is 8.18. The molecule has 10 heteroatoms. The first-order valence-electron chi connectivity index (χ1n) is 8.47. The van der Waals surface area contributed by atoms with E-state index in [9.17, 15) is 22.8 Å². The fourth-order valence-corrected chi connectivity index (χ4v) is 3.94. The number of hydrogen-bond acceptors (Lipinski definition) is 6. The van der Waals surface area contributed by atoms with Crippen molar-refractivity contribution < 1.29 is 22.8 Å². The van der Waals surface area contributed by atoms with Gasteiger partial charge in [0.25, 0.3) is 11.1 Å². The van der Waals surface area contributed by atoms with Gasteiger partial charge in [-0.3, -0.25) is 19.3 Å². The molecule has 0 atom stereocenters. The number of amides is 3. The minimum absolute atomic E-state index is 0.0576. The van der Waals surface area contributed by atoms with Gasteiger partial charge in [-0.05, 0) is 47.7 Å². The number of carbonyl (C=O) groups excluding carboxylic acids is 3. The molecule has 0 spiro atoms.